The number of amides is 2. The molecule has 9 N–H and O–H groups in total. The molecular weight excluding hydrogens is 422 g/mol. The van der Waals surface area contributed by atoms with Gasteiger partial charge < -0.3 is 47.0 Å². The highest BCUT2D eigenvalue weighted by atomic mass is 16.4. The van der Waals surface area contributed by atoms with E-state index in [-0.39, 0.29) is 43.9 Å². The van der Waals surface area contributed by atoms with E-state index in [2.05, 4.69) is 10.3 Å². The number of aromatic amines is 1. The average Bonchev–Trinajstić information content (AvgIpc) is 3.19. The number of fused-ring (bicyclic) bond motifs is 1. The molecule has 0 saturated heterocycles. The van der Waals surface area contributed by atoms with Gasteiger partial charge in [0.1, 0.15) is 0 Å². The summed E-state index contributed by atoms with van der Waals surface area (Å²) in [6.07, 6.45) is 1.74. The highest BCUT2D eigenvalue weighted by Crippen LogP contribution is 2.19. The summed E-state index contributed by atoms with van der Waals surface area (Å²) in [5.74, 6) is -2.62. The molecule has 0 spiro atoms. The molecule has 2 rings (SSSR count). The predicted octanol–water partition coefficient (Wildman–Crippen LogP) is -3.18. The molecule has 0 unspecified atom stereocenters. The number of primary amides is 1. The Bertz CT molecular complexity index is 889. The summed E-state index contributed by atoms with van der Waals surface area (Å²) in [6.45, 7) is -0.729. The van der Waals surface area contributed by atoms with Gasteiger partial charge in [0, 0.05) is 29.9 Å². The Kier molecular flexibility index (Phi) is 10.7. The van der Waals surface area contributed by atoms with Crippen molar-refractivity contribution in [1.29, 1.82) is 0 Å². The van der Waals surface area contributed by atoms with Gasteiger partial charge in [0.15, 0.2) is 20.2 Å². The fourth-order valence-electron chi connectivity index (χ4n) is 2.54. The first-order valence-electron chi connectivity index (χ1n) is 9.83. The van der Waals surface area contributed by atoms with Gasteiger partial charge in [-0.2, -0.15) is 0 Å². The fourth-order valence-corrected chi connectivity index (χ4v) is 2.54. The number of carbonyl (C=O) groups excluding carboxylic acids is 3. The van der Waals surface area contributed by atoms with Gasteiger partial charge in [-0.1, -0.05) is 18.2 Å². The summed E-state index contributed by atoms with van der Waals surface area (Å²) in [4.78, 5) is 37.0. The number of nitrogens with zero attached hydrogens (tertiary/aromatic N) is 1. The molecule has 32 heavy (non-hydrogen) atoms. The van der Waals surface area contributed by atoms with E-state index in [4.69, 9.17) is 26.8 Å². The Morgan fingerprint density at radius 3 is 2.25 bits per heavy atom. The van der Waals surface area contributed by atoms with Crippen LogP contribution in [-0.2, 0) is 20.8 Å². The van der Waals surface area contributed by atoms with E-state index in [0.29, 0.717) is 0 Å². The van der Waals surface area contributed by atoms with Gasteiger partial charge in [0.05, 0.1) is 25.1 Å². The summed E-state index contributed by atoms with van der Waals surface area (Å²) < 4.78 is -0.125. The number of para-hydroxylation sites is 1. The summed E-state index contributed by atoms with van der Waals surface area (Å²) in [5.41, 5.74) is 12.1. The number of nitrogens with one attached hydrogen (secondary N) is 2. The first-order valence-corrected chi connectivity index (χ1v) is 9.83. The highest BCUT2D eigenvalue weighted by molar-refractivity contribution is 5.86. The third-order valence-corrected chi connectivity index (χ3v) is 4.79. The van der Waals surface area contributed by atoms with E-state index >= 15 is 0 Å². The summed E-state index contributed by atoms with van der Waals surface area (Å²) in [6, 6.07) is 5.32. The van der Waals surface area contributed by atoms with Crippen LogP contribution in [0.2, 0.25) is 0 Å². The lowest BCUT2D eigenvalue weighted by Crippen LogP contribution is -2.49. The van der Waals surface area contributed by atoms with Crippen molar-refractivity contribution in [2.45, 2.75) is 31.3 Å². The van der Waals surface area contributed by atoms with Crippen molar-refractivity contribution >= 4 is 28.7 Å². The van der Waals surface area contributed by atoms with E-state index in [0.717, 1.165) is 16.5 Å². The number of H-pyrrole nitrogens is 1. The Morgan fingerprint density at radius 2 is 1.75 bits per heavy atom. The number of hydrogen-bond donors (Lipinski definition) is 7. The van der Waals surface area contributed by atoms with Crippen LogP contribution in [0.1, 0.15) is 18.4 Å². The van der Waals surface area contributed by atoms with Crippen molar-refractivity contribution in [3.05, 3.63) is 36.0 Å². The molecule has 0 aliphatic rings. The number of aliphatic hydroxyl groups is 3. The zero-order valence-electron chi connectivity index (χ0n) is 17.9. The van der Waals surface area contributed by atoms with Crippen LogP contribution in [-0.4, -0.2) is 81.9 Å². The number of carboxylic acids is 1. The minimum Gasteiger partial charge on any atom is -0.548 e. The number of quaternary nitrogens is 1. The zero-order chi connectivity index (χ0) is 24.3. The smallest absolute Gasteiger partial charge is 0.234 e. The molecule has 1 aromatic carbocycles. The van der Waals surface area contributed by atoms with Crippen LogP contribution in [0.25, 0.3) is 10.9 Å². The number of aliphatic carboxylic acids is 1. The maximum Gasteiger partial charge on any atom is 0.234 e. The molecule has 0 bridgehead atoms. The van der Waals surface area contributed by atoms with Crippen molar-refractivity contribution in [3.63, 3.8) is 0 Å². The van der Waals surface area contributed by atoms with E-state index < -0.39 is 29.9 Å². The lowest BCUT2D eigenvalue weighted by atomic mass is 10.0. The minimum absolute atomic E-state index is 0.0496. The third-order valence-electron chi connectivity index (χ3n) is 4.79. The van der Waals surface area contributed by atoms with Gasteiger partial charge in [0.2, 0.25) is 11.8 Å². The van der Waals surface area contributed by atoms with E-state index in [1.807, 2.05) is 24.3 Å². The molecule has 0 radical (unpaired) electrons. The molecule has 1 aromatic heterocycles. The molecule has 12 nitrogen and oxygen atoms in total. The molecule has 1 heterocycles. The van der Waals surface area contributed by atoms with E-state index in [9.17, 15) is 19.5 Å². The van der Waals surface area contributed by atoms with Crippen LogP contribution >= 0.6 is 0 Å². The van der Waals surface area contributed by atoms with Crippen LogP contribution in [0.4, 0.5) is 0 Å². The number of hydrogen-bond acceptors (Lipinski definition) is 8. The normalized spacial score (nSPS) is 13.0. The average molecular weight is 453 g/mol. The van der Waals surface area contributed by atoms with Crippen LogP contribution in [0.15, 0.2) is 30.5 Å². The van der Waals surface area contributed by atoms with E-state index in [1.54, 1.807) is 13.2 Å². The monoisotopic (exact) mass is 453 g/mol. The molecule has 2 atom stereocenters. The molecule has 178 valence electrons. The third kappa shape index (κ3) is 8.24. The molecule has 2 amide bonds. The van der Waals surface area contributed by atoms with Crippen molar-refractivity contribution in [2.24, 2.45) is 11.5 Å². The topological polar surface area (TPSA) is 215 Å². The number of carbonyl (C=O) groups is 3. The van der Waals surface area contributed by atoms with Crippen LogP contribution in [0.3, 0.4) is 0 Å². The first-order chi connectivity index (χ1) is 15.1. The van der Waals surface area contributed by atoms with Gasteiger partial charge in [-0.3, -0.25) is 14.1 Å². The SMILES string of the molecule is C[N+](CO)(CO)CO.NC(=O)[C@H](N)CCC(=O)N[C@H](Cc1c[nH]c2ccccc12)C(=O)[O-]. The number of aliphatic hydroxyl groups excluding tert-OH is 3. The standard InChI is InChI=1S/C16H20N4O4.C4H12NO3/c17-11(15(18)22)5-6-14(21)20-13(16(23)24)7-9-8-19-12-4-2-1-3-10(9)12;1-5(2-6,3-7)4-8/h1-4,8,11,13,19H,5-7,17H2,(H2,18,22)(H,20,21)(H,23,24);6-8H,2-4H2,1H3/q;+1/p-1/t11-,13-;/m1./s1. The fraction of sp³-hybridized carbons (Fsp3) is 0.450. The Balaban J connectivity index is 0.000000547. The maximum atomic E-state index is 11.9. The second kappa shape index (κ2) is 12.7. The lowest BCUT2D eigenvalue weighted by Gasteiger charge is -2.25. The van der Waals surface area contributed by atoms with Crippen molar-refractivity contribution in [2.75, 3.05) is 27.2 Å². The Labute approximate surface area is 185 Å². The predicted molar refractivity (Wildman–Crippen MR) is 113 cm³/mol. The summed E-state index contributed by atoms with van der Waals surface area (Å²) in [7, 11) is 1.54. The minimum atomic E-state index is -1.38. The molecule has 0 aliphatic carbocycles. The highest BCUT2D eigenvalue weighted by Gasteiger charge is 2.18. The van der Waals surface area contributed by atoms with Crippen molar-refractivity contribution in [1.82, 2.24) is 10.3 Å². The molecular formula is C20H31N5O7. The second-order valence-electron chi connectivity index (χ2n) is 7.59. The van der Waals surface area contributed by atoms with Crippen molar-refractivity contribution < 1.29 is 39.3 Å². The molecule has 0 aliphatic heterocycles. The number of carboxylic acid groups (broad SMARTS) is 1. The number of aromatic nitrogens is 1. The largest absolute Gasteiger partial charge is 0.548 e. The van der Waals surface area contributed by atoms with Crippen LogP contribution < -0.4 is 21.9 Å². The molecule has 0 saturated carbocycles. The molecule has 0 fully saturated rings. The first kappa shape index (κ1) is 27.0. The quantitative estimate of drug-likeness (QED) is 0.136. The summed E-state index contributed by atoms with van der Waals surface area (Å²) in [5, 5.41) is 39.9. The van der Waals surface area contributed by atoms with Gasteiger partial charge in [-0.25, -0.2) is 0 Å². The second-order valence-corrected chi connectivity index (χ2v) is 7.59. The Hall–Kier alpha value is -3.03. The molecule has 12 heteroatoms. The maximum absolute atomic E-state index is 11.9. The number of rotatable bonds is 11. The van der Waals surface area contributed by atoms with Crippen LogP contribution in [0, 0.1) is 0 Å². The van der Waals surface area contributed by atoms with Gasteiger partial charge >= 0.3 is 0 Å². The van der Waals surface area contributed by atoms with Gasteiger partial charge in [-0.15, -0.1) is 0 Å². The zero-order valence-corrected chi connectivity index (χ0v) is 17.9. The number of nitrogens with two attached hydrogens (primary N) is 2. The van der Waals surface area contributed by atoms with Crippen LogP contribution in [0.5, 0.6) is 0 Å². The van der Waals surface area contributed by atoms with Crippen molar-refractivity contribution in [3.8, 4) is 0 Å². The van der Waals surface area contributed by atoms with E-state index in [1.165, 1.54) is 0 Å². The Morgan fingerprint density at radius 1 is 1.16 bits per heavy atom. The van der Waals surface area contributed by atoms with Gasteiger partial charge in [0.25, 0.3) is 0 Å². The molecule has 2 aromatic rings. The van der Waals surface area contributed by atoms with Gasteiger partial charge in [-0.05, 0) is 18.1 Å². The lowest BCUT2D eigenvalue weighted by molar-refractivity contribution is -0.959. The number of benzene rings is 1. The summed E-state index contributed by atoms with van der Waals surface area (Å²) >= 11 is 0.